The molecule has 0 spiro atoms. The number of rotatable bonds is 3. The SMILES string of the molecule is C=CCOC(=O)N1CCCC(NN)C1. The number of hydrogen-bond donors (Lipinski definition) is 2. The van der Waals surface area contributed by atoms with Crippen LogP contribution in [0.25, 0.3) is 0 Å². The van der Waals surface area contributed by atoms with Crippen LogP contribution in [0.15, 0.2) is 12.7 Å². The molecule has 1 unspecified atom stereocenters. The van der Waals surface area contributed by atoms with Crippen molar-refractivity contribution >= 4 is 6.09 Å². The standard InChI is InChI=1S/C9H17N3O2/c1-2-6-14-9(13)12-5-3-4-8(7-12)11-10/h2,8,11H,1,3-7,10H2. The summed E-state index contributed by atoms with van der Waals surface area (Å²) in [6.07, 6.45) is 3.23. The third-order valence-electron chi connectivity index (χ3n) is 2.24. The molecule has 0 radical (unpaired) electrons. The molecule has 0 bridgehead atoms. The topological polar surface area (TPSA) is 67.6 Å². The number of nitrogens with one attached hydrogen (secondary N) is 1. The number of nitrogens with zero attached hydrogens (tertiary/aromatic N) is 1. The number of ether oxygens (including phenoxy) is 1. The number of hydrogen-bond acceptors (Lipinski definition) is 4. The summed E-state index contributed by atoms with van der Waals surface area (Å²) in [5.41, 5.74) is 2.68. The monoisotopic (exact) mass is 199 g/mol. The lowest BCUT2D eigenvalue weighted by Gasteiger charge is -2.31. The van der Waals surface area contributed by atoms with Crippen molar-refractivity contribution in [3.8, 4) is 0 Å². The summed E-state index contributed by atoms with van der Waals surface area (Å²) < 4.78 is 4.92. The molecule has 1 atom stereocenters. The fourth-order valence-corrected chi connectivity index (χ4v) is 1.50. The van der Waals surface area contributed by atoms with Gasteiger partial charge in [0.2, 0.25) is 0 Å². The second kappa shape index (κ2) is 5.62. The molecule has 80 valence electrons. The van der Waals surface area contributed by atoms with Gasteiger partial charge in [0.25, 0.3) is 0 Å². The molecule has 0 aromatic carbocycles. The van der Waals surface area contributed by atoms with Crippen molar-refractivity contribution in [1.82, 2.24) is 10.3 Å². The Morgan fingerprint density at radius 3 is 3.21 bits per heavy atom. The summed E-state index contributed by atoms with van der Waals surface area (Å²) >= 11 is 0. The minimum atomic E-state index is -0.287. The number of carbonyl (C=O) groups is 1. The van der Waals surface area contributed by atoms with Crippen LogP contribution in [-0.2, 0) is 4.74 Å². The van der Waals surface area contributed by atoms with Crippen LogP contribution in [0.5, 0.6) is 0 Å². The van der Waals surface area contributed by atoms with E-state index >= 15 is 0 Å². The van der Waals surface area contributed by atoms with Crippen molar-refractivity contribution in [2.75, 3.05) is 19.7 Å². The molecular formula is C9H17N3O2. The molecule has 1 amide bonds. The van der Waals surface area contributed by atoms with Gasteiger partial charge in [0.15, 0.2) is 0 Å². The van der Waals surface area contributed by atoms with Crippen molar-refractivity contribution < 1.29 is 9.53 Å². The van der Waals surface area contributed by atoms with Gasteiger partial charge in [0.1, 0.15) is 6.61 Å². The molecule has 0 aliphatic carbocycles. The summed E-state index contributed by atoms with van der Waals surface area (Å²) in [7, 11) is 0. The second-order valence-corrected chi connectivity index (χ2v) is 3.32. The quantitative estimate of drug-likeness (QED) is 0.388. The van der Waals surface area contributed by atoms with E-state index in [4.69, 9.17) is 10.6 Å². The smallest absolute Gasteiger partial charge is 0.410 e. The van der Waals surface area contributed by atoms with E-state index in [1.165, 1.54) is 0 Å². The minimum Gasteiger partial charge on any atom is -0.445 e. The van der Waals surface area contributed by atoms with Crippen molar-refractivity contribution in [3.63, 3.8) is 0 Å². The molecule has 5 heteroatoms. The molecule has 1 aliphatic rings. The maximum Gasteiger partial charge on any atom is 0.410 e. The average molecular weight is 199 g/mol. The summed E-state index contributed by atoms with van der Waals surface area (Å²) in [6, 6.07) is 0.181. The Labute approximate surface area is 83.9 Å². The Balaban J connectivity index is 2.35. The van der Waals surface area contributed by atoms with Gasteiger partial charge in [-0.3, -0.25) is 11.3 Å². The largest absolute Gasteiger partial charge is 0.445 e. The van der Waals surface area contributed by atoms with Crippen LogP contribution in [0.2, 0.25) is 0 Å². The fourth-order valence-electron chi connectivity index (χ4n) is 1.50. The zero-order chi connectivity index (χ0) is 10.4. The summed E-state index contributed by atoms with van der Waals surface area (Å²) in [4.78, 5) is 13.1. The fraction of sp³-hybridized carbons (Fsp3) is 0.667. The van der Waals surface area contributed by atoms with Crippen molar-refractivity contribution in [1.29, 1.82) is 0 Å². The summed E-state index contributed by atoms with van der Waals surface area (Å²) in [6.45, 7) is 5.10. The first-order valence-corrected chi connectivity index (χ1v) is 4.76. The highest BCUT2D eigenvalue weighted by Crippen LogP contribution is 2.10. The van der Waals surface area contributed by atoms with Gasteiger partial charge >= 0.3 is 6.09 Å². The first kappa shape index (κ1) is 11.0. The van der Waals surface area contributed by atoms with Crippen LogP contribution >= 0.6 is 0 Å². The Bertz CT molecular complexity index is 208. The highest BCUT2D eigenvalue weighted by molar-refractivity contribution is 5.67. The Hall–Kier alpha value is -1.07. The van der Waals surface area contributed by atoms with Crippen LogP contribution in [0.1, 0.15) is 12.8 Å². The number of hydrazine groups is 1. The average Bonchev–Trinajstić information content (AvgIpc) is 2.26. The zero-order valence-corrected chi connectivity index (χ0v) is 8.24. The molecule has 5 nitrogen and oxygen atoms in total. The van der Waals surface area contributed by atoms with Gasteiger partial charge in [-0.2, -0.15) is 0 Å². The van der Waals surface area contributed by atoms with Crippen LogP contribution in [0.4, 0.5) is 4.79 Å². The Morgan fingerprint density at radius 2 is 2.57 bits per heavy atom. The number of likely N-dealkylation sites (tertiary alicyclic amines) is 1. The van der Waals surface area contributed by atoms with E-state index in [1.54, 1.807) is 11.0 Å². The van der Waals surface area contributed by atoms with E-state index in [-0.39, 0.29) is 18.7 Å². The number of carbonyl (C=O) groups excluding carboxylic acids is 1. The molecule has 0 saturated carbocycles. The van der Waals surface area contributed by atoms with E-state index in [9.17, 15) is 4.79 Å². The van der Waals surface area contributed by atoms with E-state index in [2.05, 4.69) is 12.0 Å². The maximum absolute atomic E-state index is 11.4. The first-order valence-electron chi connectivity index (χ1n) is 4.76. The van der Waals surface area contributed by atoms with Gasteiger partial charge < -0.3 is 9.64 Å². The van der Waals surface area contributed by atoms with Crippen LogP contribution in [0, 0.1) is 0 Å². The molecule has 1 saturated heterocycles. The van der Waals surface area contributed by atoms with Gasteiger partial charge in [-0.05, 0) is 12.8 Å². The molecule has 1 heterocycles. The normalized spacial score (nSPS) is 21.8. The highest BCUT2D eigenvalue weighted by atomic mass is 16.6. The van der Waals surface area contributed by atoms with Gasteiger partial charge in [-0.1, -0.05) is 12.7 Å². The third kappa shape index (κ3) is 3.01. The predicted molar refractivity (Wildman–Crippen MR) is 53.5 cm³/mol. The highest BCUT2D eigenvalue weighted by Gasteiger charge is 2.23. The molecular weight excluding hydrogens is 182 g/mol. The van der Waals surface area contributed by atoms with Crippen molar-refractivity contribution in [3.05, 3.63) is 12.7 Å². The van der Waals surface area contributed by atoms with Gasteiger partial charge in [0, 0.05) is 19.1 Å². The molecule has 0 aromatic rings. The third-order valence-corrected chi connectivity index (χ3v) is 2.24. The first-order chi connectivity index (χ1) is 6.77. The predicted octanol–water partition coefficient (Wildman–Crippen LogP) is 0.237. The minimum absolute atomic E-state index is 0.181. The summed E-state index contributed by atoms with van der Waals surface area (Å²) in [5.74, 6) is 5.32. The molecule has 1 fully saturated rings. The van der Waals surface area contributed by atoms with Crippen molar-refractivity contribution in [2.24, 2.45) is 5.84 Å². The molecule has 1 aliphatic heterocycles. The van der Waals surface area contributed by atoms with Crippen LogP contribution < -0.4 is 11.3 Å². The number of piperidine rings is 1. The maximum atomic E-state index is 11.4. The number of amides is 1. The molecule has 3 N–H and O–H groups in total. The van der Waals surface area contributed by atoms with E-state index < -0.39 is 0 Å². The molecule has 14 heavy (non-hydrogen) atoms. The Morgan fingerprint density at radius 1 is 1.79 bits per heavy atom. The van der Waals surface area contributed by atoms with E-state index in [1.807, 2.05) is 0 Å². The van der Waals surface area contributed by atoms with Crippen LogP contribution in [-0.4, -0.2) is 36.7 Å². The molecule has 1 rings (SSSR count). The lowest BCUT2D eigenvalue weighted by molar-refractivity contribution is 0.0975. The van der Waals surface area contributed by atoms with Gasteiger partial charge in [-0.15, -0.1) is 0 Å². The summed E-state index contributed by atoms with van der Waals surface area (Å²) in [5, 5.41) is 0. The second-order valence-electron chi connectivity index (χ2n) is 3.32. The lowest BCUT2D eigenvalue weighted by atomic mass is 10.1. The van der Waals surface area contributed by atoms with Crippen LogP contribution in [0.3, 0.4) is 0 Å². The lowest BCUT2D eigenvalue weighted by Crippen LogP contribution is -2.50. The zero-order valence-electron chi connectivity index (χ0n) is 8.24. The molecule has 0 aromatic heterocycles. The number of nitrogens with two attached hydrogens (primary N) is 1. The van der Waals surface area contributed by atoms with E-state index in [0.29, 0.717) is 6.54 Å². The van der Waals surface area contributed by atoms with Crippen molar-refractivity contribution in [2.45, 2.75) is 18.9 Å². The van der Waals surface area contributed by atoms with Gasteiger partial charge in [-0.25, -0.2) is 4.79 Å². The van der Waals surface area contributed by atoms with Gasteiger partial charge in [0.05, 0.1) is 0 Å². The van der Waals surface area contributed by atoms with E-state index in [0.717, 1.165) is 19.4 Å². The Kier molecular flexibility index (Phi) is 4.42.